The van der Waals surface area contributed by atoms with Gasteiger partial charge >= 0.3 is 0 Å². The van der Waals surface area contributed by atoms with Crippen LogP contribution >= 0.6 is 15.9 Å². The summed E-state index contributed by atoms with van der Waals surface area (Å²) < 4.78 is 29.5. The molecule has 0 heterocycles. The molecule has 1 rings (SSSR count). The zero-order chi connectivity index (χ0) is 15.6. The first-order valence-corrected chi connectivity index (χ1v) is 8.82. The van der Waals surface area contributed by atoms with E-state index in [-0.39, 0.29) is 12.4 Å². The maximum absolute atomic E-state index is 12.0. The van der Waals surface area contributed by atoms with E-state index >= 15 is 0 Å². The third-order valence-electron chi connectivity index (χ3n) is 2.97. The Morgan fingerprint density at radius 3 is 2.45 bits per heavy atom. The van der Waals surface area contributed by atoms with E-state index in [1.807, 2.05) is 0 Å². The fraction of sp³-hybridized carbons (Fsp3) is 0.571. The van der Waals surface area contributed by atoms with E-state index in [9.17, 15) is 13.5 Å². The molecular weight excluding hydrogens is 344 g/mol. The molecule has 1 aromatic rings. The number of halogens is 1. The SMILES string of the molecule is C[C@H](O)c1ccc(Br)cc1OCCS(=O)(=O)C(C)(C)C. The Labute approximate surface area is 129 Å². The highest BCUT2D eigenvalue weighted by Gasteiger charge is 2.28. The number of benzene rings is 1. The fourth-order valence-corrected chi connectivity index (χ4v) is 2.80. The van der Waals surface area contributed by atoms with Crippen LogP contribution in [0.3, 0.4) is 0 Å². The van der Waals surface area contributed by atoms with Gasteiger partial charge in [-0.05, 0) is 39.8 Å². The molecule has 1 N–H and O–H groups in total. The Balaban J connectivity index is 2.79. The van der Waals surface area contributed by atoms with Crippen molar-refractivity contribution < 1.29 is 18.3 Å². The Morgan fingerprint density at radius 1 is 1.35 bits per heavy atom. The van der Waals surface area contributed by atoms with Gasteiger partial charge in [-0.1, -0.05) is 22.0 Å². The lowest BCUT2D eigenvalue weighted by molar-refractivity contribution is 0.192. The van der Waals surface area contributed by atoms with Crippen LogP contribution in [-0.2, 0) is 9.84 Å². The Hall–Kier alpha value is -0.590. The van der Waals surface area contributed by atoms with E-state index < -0.39 is 20.7 Å². The molecule has 6 heteroatoms. The summed E-state index contributed by atoms with van der Waals surface area (Å²) in [5.74, 6) is 0.445. The van der Waals surface area contributed by atoms with E-state index in [4.69, 9.17) is 4.74 Å². The standard InChI is InChI=1S/C14H21BrO4S/c1-10(16)12-6-5-11(15)9-13(12)19-7-8-20(17,18)14(2,3)4/h5-6,9-10,16H,7-8H2,1-4H3/t10-/m0/s1. The summed E-state index contributed by atoms with van der Waals surface area (Å²) in [7, 11) is -3.21. The third kappa shape index (κ3) is 4.46. The van der Waals surface area contributed by atoms with Crippen molar-refractivity contribution in [1.29, 1.82) is 0 Å². The molecule has 0 radical (unpaired) electrons. The predicted octanol–water partition coefficient (Wildman–Crippen LogP) is 3.09. The second-order valence-electron chi connectivity index (χ2n) is 5.64. The summed E-state index contributed by atoms with van der Waals surface area (Å²) in [6.45, 7) is 6.71. The van der Waals surface area contributed by atoms with Crippen LogP contribution in [0, 0.1) is 0 Å². The molecule has 0 aliphatic carbocycles. The minimum absolute atomic E-state index is 0.0533. The van der Waals surface area contributed by atoms with Gasteiger partial charge in [-0.15, -0.1) is 0 Å². The third-order valence-corrected chi connectivity index (χ3v) is 6.03. The largest absolute Gasteiger partial charge is 0.492 e. The normalized spacial score (nSPS) is 14.1. The van der Waals surface area contributed by atoms with Crippen LogP contribution in [0.4, 0.5) is 0 Å². The molecule has 4 nitrogen and oxygen atoms in total. The van der Waals surface area contributed by atoms with Crippen LogP contribution in [0.15, 0.2) is 22.7 Å². The molecule has 0 aliphatic heterocycles. The number of hydrogen-bond acceptors (Lipinski definition) is 4. The predicted molar refractivity (Wildman–Crippen MR) is 83.8 cm³/mol. The average Bonchev–Trinajstić information content (AvgIpc) is 2.26. The minimum Gasteiger partial charge on any atom is -0.492 e. The van der Waals surface area contributed by atoms with Crippen LogP contribution in [0.2, 0.25) is 0 Å². The lowest BCUT2D eigenvalue weighted by Gasteiger charge is -2.20. The number of sulfone groups is 1. The first-order valence-electron chi connectivity index (χ1n) is 6.37. The summed E-state index contributed by atoms with van der Waals surface area (Å²) in [6.07, 6.45) is -0.669. The summed E-state index contributed by atoms with van der Waals surface area (Å²) in [4.78, 5) is 0. The second kappa shape index (κ2) is 6.45. The molecule has 20 heavy (non-hydrogen) atoms. The number of rotatable bonds is 5. The molecule has 0 saturated heterocycles. The monoisotopic (exact) mass is 364 g/mol. The molecule has 0 fully saturated rings. The van der Waals surface area contributed by atoms with Crippen LogP contribution in [0.5, 0.6) is 5.75 Å². The minimum atomic E-state index is -3.21. The van der Waals surface area contributed by atoms with E-state index in [0.29, 0.717) is 11.3 Å². The van der Waals surface area contributed by atoms with Gasteiger partial charge in [0.1, 0.15) is 12.4 Å². The van der Waals surface area contributed by atoms with Gasteiger partial charge in [0.25, 0.3) is 0 Å². The average molecular weight is 365 g/mol. The maximum Gasteiger partial charge on any atom is 0.158 e. The van der Waals surface area contributed by atoms with Gasteiger partial charge in [0.05, 0.1) is 16.6 Å². The number of hydrogen-bond donors (Lipinski definition) is 1. The first kappa shape index (κ1) is 17.5. The highest BCUT2D eigenvalue weighted by Crippen LogP contribution is 2.28. The van der Waals surface area contributed by atoms with Crippen molar-refractivity contribution in [2.75, 3.05) is 12.4 Å². The van der Waals surface area contributed by atoms with Crippen LogP contribution in [-0.4, -0.2) is 30.6 Å². The molecule has 0 saturated carbocycles. The molecule has 1 atom stereocenters. The van der Waals surface area contributed by atoms with Crippen molar-refractivity contribution >= 4 is 25.8 Å². The van der Waals surface area contributed by atoms with Gasteiger partial charge in [-0.25, -0.2) is 8.42 Å². The number of ether oxygens (including phenoxy) is 1. The maximum atomic E-state index is 12.0. The lowest BCUT2D eigenvalue weighted by atomic mass is 10.1. The Bertz CT molecular complexity index is 559. The van der Waals surface area contributed by atoms with Crippen LogP contribution in [0.25, 0.3) is 0 Å². The van der Waals surface area contributed by atoms with E-state index in [1.165, 1.54) is 0 Å². The van der Waals surface area contributed by atoms with Gasteiger partial charge in [0.15, 0.2) is 9.84 Å². The van der Waals surface area contributed by atoms with Gasteiger partial charge in [0.2, 0.25) is 0 Å². The number of aliphatic hydroxyl groups is 1. The fourth-order valence-electron chi connectivity index (χ4n) is 1.55. The molecule has 0 aromatic heterocycles. The highest BCUT2D eigenvalue weighted by molar-refractivity contribution is 9.10. The van der Waals surface area contributed by atoms with Gasteiger partial charge in [-0.3, -0.25) is 0 Å². The zero-order valence-corrected chi connectivity index (χ0v) is 14.6. The van der Waals surface area contributed by atoms with Crippen molar-refractivity contribution in [1.82, 2.24) is 0 Å². The molecular formula is C14H21BrO4S. The van der Waals surface area contributed by atoms with Crippen LogP contribution < -0.4 is 4.74 Å². The molecule has 1 aromatic carbocycles. The summed E-state index contributed by atoms with van der Waals surface area (Å²) in [6, 6.07) is 5.29. The van der Waals surface area contributed by atoms with Gasteiger partial charge in [-0.2, -0.15) is 0 Å². The van der Waals surface area contributed by atoms with E-state index in [0.717, 1.165) is 4.47 Å². The Morgan fingerprint density at radius 2 is 1.95 bits per heavy atom. The number of aliphatic hydroxyl groups excluding tert-OH is 1. The smallest absolute Gasteiger partial charge is 0.158 e. The van der Waals surface area contributed by atoms with Gasteiger partial charge < -0.3 is 9.84 Å². The Kier molecular flexibility index (Phi) is 5.63. The second-order valence-corrected chi connectivity index (χ2v) is 9.42. The molecule has 0 unspecified atom stereocenters. The van der Waals surface area contributed by atoms with Crippen molar-refractivity contribution in [2.24, 2.45) is 0 Å². The molecule has 0 amide bonds. The van der Waals surface area contributed by atoms with Crippen molar-refractivity contribution in [3.8, 4) is 5.75 Å². The molecule has 0 aliphatic rings. The topological polar surface area (TPSA) is 63.6 Å². The van der Waals surface area contributed by atoms with Crippen LogP contribution in [0.1, 0.15) is 39.4 Å². The summed E-state index contributed by atoms with van der Waals surface area (Å²) in [5.41, 5.74) is 0.640. The van der Waals surface area contributed by atoms with Crippen molar-refractivity contribution in [3.05, 3.63) is 28.2 Å². The lowest BCUT2D eigenvalue weighted by Crippen LogP contribution is -2.32. The molecule has 0 bridgehead atoms. The quantitative estimate of drug-likeness (QED) is 0.871. The van der Waals surface area contributed by atoms with Crippen molar-refractivity contribution in [3.63, 3.8) is 0 Å². The zero-order valence-electron chi connectivity index (χ0n) is 12.2. The van der Waals surface area contributed by atoms with Crippen molar-refractivity contribution in [2.45, 2.75) is 38.5 Å². The molecule has 0 spiro atoms. The summed E-state index contributed by atoms with van der Waals surface area (Å²) >= 11 is 3.33. The highest BCUT2D eigenvalue weighted by atomic mass is 79.9. The van der Waals surface area contributed by atoms with Gasteiger partial charge in [0, 0.05) is 10.0 Å². The molecule has 114 valence electrons. The van der Waals surface area contributed by atoms with E-state index in [1.54, 1.807) is 45.9 Å². The summed E-state index contributed by atoms with van der Waals surface area (Å²) in [5, 5.41) is 9.67. The van der Waals surface area contributed by atoms with E-state index in [2.05, 4.69) is 15.9 Å². The first-order chi connectivity index (χ1) is 9.04.